The topological polar surface area (TPSA) is 96.0 Å². The number of anilines is 1. The average Bonchev–Trinajstić information content (AvgIpc) is 2.91. The highest BCUT2D eigenvalue weighted by Gasteiger charge is 2.32. The van der Waals surface area contributed by atoms with E-state index in [1.807, 2.05) is 37.3 Å². The summed E-state index contributed by atoms with van der Waals surface area (Å²) in [4.78, 5) is 27.6. The lowest BCUT2D eigenvalue weighted by Crippen LogP contribution is -2.50. The number of nitrogens with zero attached hydrogens (tertiary/aromatic N) is 2. The Balaban J connectivity index is 2.00. The highest BCUT2D eigenvalue weighted by molar-refractivity contribution is 7.92. The molecule has 2 amide bonds. The maximum absolute atomic E-state index is 13.7. The van der Waals surface area contributed by atoms with Gasteiger partial charge in [-0.15, -0.1) is 0 Å². The number of hydrogen-bond acceptors (Lipinski definition) is 5. The first kappa shape index (κ1) is 26.7. The molecule has 1 atom stereocenters. The van der Waals surface area contributed by atoms with E-state index >= 15 is 0 Å². The van der Waals surface area contributed by atoms with Gasteiger partial charge in [-0.2, -0.15) is 0 Å². The summed E-state index contributed by atoms with van der Waals surface area (Å²) in [6.07, 6.45) is 0. The SMILES string of the molecule is CCOc1ccc(N(CC(=O)N(Cc2ccccc2)C(C)C(=O)NC)S(=O)(=O)c2ccccc2)cc1. The number of carbonyl (C=O) groups is 2. The normalized spacial score (nSPS) is 11.9. The third kappa shape index (κ3) is 6.42. The lowest BCUT2D eigenvalue weighted by Gasteiger charge is -2.31. The van der Waals surface area contributed by atoms with E-state index in [0.29, 0.717) is 18.0 Å². The Morgan fingerprint density at radius 2 is 1.50 bits per heavy atom. The van der Waals surface area contributed by atoms with Crippen LogP contribution >= 0.6 is 0 Å². The molecule has 0 aliphatic heterocycles. The highest BCUT2D eigenvalue weighted by atomic mass is 32.2. The van der Waals surface area contributed by atoms with Crippen LogP contribution in [0.3, 0.4) is 0 Å². The molecule has 36 heavy (non-hydrogen) atoms. The molecule has 9 heteroatoms. The molecule has 3 rings (SSSR count). The predicted molar refractivity (Wildman–Crippen MR) is 139 cm³/mol. The van der Waals surface area contributed by atoms with Crippen molar-refractivity contribution in [3.63, 3.8) is 0 Å². The van der Waals surface area contributed by atoms with E-state index in [-0.39, 0.29) is 17.3 Å². The second-order valence-electron chi connectivity index (χ2n) is 8.05. The summed E-state index contributed by atoms with van der Waals surface area (Å²) in [5, 5.41) is 2.57. The number of carbonyl (C=O) groups excluding carboxylic acids is 2. The molecule has 0 bridgehead atoms. The first-order chi connectivity index (χ1) is 17.3. The van der Waals surface area contributed by atoms with Crippen LogP contribution in [0, 0.1) is 0 Å². The van der Waals surface area contributed by atoms with Crippen molar-refractivity contribution in [2.24, 2.45) is 0 Å². The maximum atomic E-state index is 13.7. The zero-order chi connectivity index (χ0) is 26.1. The van der Waals surface area contributed by atoms with Gasteiger partial charge in [0, 0.05) is 13.6 Å². The number of rotatable bonds is 11. The molecule has 190 valence electrons. The molecule has 0 saturated carbocycles. The van der Waals surface area contributed by atoms with Gasteiger partial charge in [-0.05, 0) is 55.8 Å². The van der Waals surface area contributed by atoms with Crippen LogP contribution in [-0.4, -0.2) is 51.4 Å². The van der Waals surface area contributed by atoms with Gasteiger partial charge in [-0.25, -0.2) is 8.42 Å². The van der Waals surface area contributed by atoms with Gasteiger partial charge in [-0.1, -0.05) is 48.5 Å². The Morgan fingerprint density at radius 3 is 2.06 bits per heavy atom. The molecular formula is C27H31N3O5S. The van der Waals surface area contributed by atoms with Gasteiger partial charge in [0.15, 0.2) is 0 Å². The molecule has 0 aliphatic carbocycles. The van der Waals surface area contributed by atoms with E-state index < -0.39 is 28.5 Å². The van der Waals surface area contributed by atoms with Crippen LogP contribution in [0.15, 0.2) is 89.8 Å². The van der Waals surface area contributed by atoms with Crippen LogP contribution in [0.4, 0.5) is 5.69 Å². The van der Waals surface area contributed by atoms with Crippen LogP contribution in [0.25, 0.3) is 0 Å². The van der Waals surface area contributed by atoms with Gasteiger partial charge in [0.1, 0.15) is 18.3 Å². The van der Waals surface area contributed by atoms with Crippen molar-refractivity contribution in [3.05, 3.63) is 90.5 Å². The Bertz CT molecular complexity index is 1250. The fraction of sp³-hybridized carbons (Fsp3) is 0.259. The monoisotopic (exact) mass is 509 g/mol. The molecule has 0 radical (unpaired) electrons. The lowest BCUT2D eigenvalue weighted by atomic mass is 10.1. The van der Waals surface area contributed by atoms with Crippen molar-refractivity contribution in [1.29, 1.82) is 0 Å². The molecule has 0 aliphatic rings. The maximum Gasteiger partial charge on any atom is 0.264 e. The van der Waals surface area contributed by atoms with E-state index in [1.165, 1.54) is 24.1 Å². The minimum atomic E-state index is -4.09. The molecule has 0 spiro atoms. The van der Waals surface area contributed by atoms with Crippen LogP contribution in [0.2, 0.25) is 0 Å². The molecule has 3 aromatic rings. The molecule has 0 heterocycles. The van der Waals surface area contributed by atoms with Gasteiger partial charge < -0.3 is 15.0 Å². The quantitative estimate of drug-likeness (QED) is 0.427. The number of sulfonamides is 1. The second-order valence-corrected chi connectivity index (χ2v) is 9.91. The van der Waals surface area contributed by atoms with E-state index in [0.717, 1.165) is 9.87 Å². The molecular weight excluding hydrogens is 478 g/mol. The van der Waals surface area contributed by atoms with Crippen LogP contribution < -0.4 is 14.4 Å². The summed E-state index contributed by atoms with van der Waals surface area (Å²) < 4.78 is 33.9. The third-order valence-corrected chi connectivity index (χ3v) is 7.44. The van der Waals surface area contributed by atoms with Crippen LogP contribution in [0.5, 0.6) is 5.75 Å². The van der Waals surface area contributed by atoms with Crippen LogP contribution in [-0.2, 0) is 26.2 Å². The fourth-order valence-electron chi connectivity index (χ4n) is 3.70. The molecule has 0 fully saturated rings. The van der Waals surface area contributed by atoms with E-state index in [4.69, 9.17) is 4.74 Å². The minimum Gasteiger partial charge on any atom is -0.494 e. The fourth-order valence-corrected chi connectivity index (χ4v) is 5.13. The molecule has 1 unspecified atom stereocenters. The van der Waals surface area contributed by atoms with Gasteiger partial charge in [0.05, 0.1) is 17.2 Å². The summed E-state index contributed by atoms with van der Waals surface area (Å²) >= 11 is 0. The van der Waals surface area contributed by atoms with E-state index in [9.17, 15) is 18.0 Å². The zero-order valence-electron chi connectivity index (χ0n) is 20.6. The predicted octanol–water partition coefficient (Wildman–Crippen LogP) is 3.44. The van der Waals surface area contributed by atoms with Gasteiger partial charge in [0.2, 0.25) is 11.8 Å². The number of benzene rings is 3. The Labute approximate surface area is 212 Å². The molecule has 8 nitrogen and oxygen atoms in total. The van der Waals surface area contributed by atoms with Crippen molar-refractivity contribution in [2.75, 3.05) is 24.5 Å². The van der Waals surface area contributed by atoms with Crippen molar-refractivity contribution in [2.45, 2.75) is 31.3 Å². The largest absolute Gasteiger partial charge is 0.494 e. The second kappa shape index (κ2) is 12.2. The molecule has 0 aromatic heterocycles. The van der Waals surface area contributed by atoms with Crippen molar-refractivity contribution >= 4 is 27.5 Å². The van der Waals surface area contributed by atoms with Gasteiger partial charge in [0.25, 0.3) is 10.0 Å². The smallest absolute Gasteiger partial charge is 0.264 e. The number of likely N-dealkylation sites (N-methyl/N-ethyl adjacent to an activating group) is 1. The summed E-state index contributed by atoms with van der Waals surface area (Å²) in [7, 11) is -2.59. The minimum absolute atomic E-state index is 0.0562. The Hall–Kier alpha value is -3.85. The lowest BCUT2D eigenvalue weighted by molar-refractivity contribution is -0.139. The van der Waals surface area contributed by atoms with E-state index in [2.05, 4.69) is 5.32 Å². The number of nitrogens with one attached hydrogen (secondary N) is 1. The summed E-state index contributed by atoms with van der Waals surface area (Å²) in [5.41, 5.74) is 1.13. The highest BCUT2D eigenvalue weighted by Crippen LogP contribution is 2.26. The Morgan fingerprint density at radius 1 is 0.917 bits per heavy atom. The summed E-state index contributed by atoms with van der Waals surface area (Å²) in [6, 6.07) is 22.9. The summed E-state index contributed by atoms with van der Waals surface area (Å²) in [6.45, 7) is 3.60. The standard InChI is InChI=1S/C27H31N3O5S/c1-4-35-24-17-15-23(16-18-24)30(36(33,34)25-13-9-6-10-14-25)20-26(31)29(21(2)27(32)28-3)19-22-11-7-5-8-12-22/h5-18,21H,4,19-20H2,1-3H3,(H,28,32). The van der Waals surface area contributed by atoms with Crippen LogP contribution in [0.1, 0.15) is 19.4 Å². The molecule has 0 saturated heterocycles. The first-order valence-corrected chi connectivity index (χ1v) is 13.1. The first-order valence-electron chi connectivity index (χ1n) is 11.6. The summed E-state index contributed by atoms with van der Waals surface area (Å²) in [5.74, 6) is -0.273. The number of amides is 2. The van der Waals surface area contributed by atoms with Crippen molar-refractivity contribution in [3.8, 4) is 5.75 Å². The third-order valence-electron chi connectivity index (χ3n) is 5.66. The van der Waals surface area contributed by atoms with Crippen molar-refractivity contribution in [1.82, 2.24) is 10.2 Å². The number of hydrogen-bond donors (Lipinski definition) is 1. The van der Waals surface area contributed by atoms with E-state index in [1.54, 1.807) is 49.4 Å². The van der Waals surface area contributed by atoms with Gasteiger partial charge >= 0.3 is 0 Å². The Kier molecular flexibility index (Phi) is 9.08. The zero-order valence-corrected chi connectivity index (χ0v) is 21.4. The molecule has 3 aromatic carbocycles. The van der Waals surface area contributed by atoms with Crippen molar-refractivity contribution < 1.29 is 22.7 Å². The molecule has 1 N–H and O–H groups in total. The number of ether oxygens (including phenoxy) is 1. The average molecular weight is 510 g/mol. The van der Waals surface area contributed by atoms with Gasteiger partial charge in [-0.3, -0.25) is 13.9 Å².